The average molecular weight is 451 g/mol. The van der Waals surface area contributed by atoms with Gasteiger partial charge in [0.15, 0.2) is 0 Å². The van der Waals surface area contributed by atoms with E-state index in [1.54, 1.807) is 23.9 Å². The third-order valence-corrected chi connectivity index (χ3v) is 5.54. The number of nitrogens with zero attached hydrogens (tertiary/aromatic N) is 1. The van der Waals surface area contributed by atoms with Crippen LogP contribution in [0.25, 0.3) is 0 Å². The Morgan fingerprint density at radius 3 is 2.16 bits per heavy atom. The van der Waals surface area contributed by atoms with Gasteiger partial charge in [0.05, 0.1) is 5.69 Å². The van der Waals surface area contributed by atoms with Crippen molar-refractivity contribution in [2.75, 3.05) is 31.1 Å². The Balaban J connectivity index is 0.000000423. The van der Waals surface area contributed by atoms with Crippen LogP contribution >= 0.6 is 11.8 Å². The van der Waals surface area contributed by atoms with Gasteiger partial charge < -0.3 is 15.0 Å². The lowest BCUT2D eigenvalue weighted by Crippen LogP contribution is -2.43. The second kappa shape index (κ2) is 11.5. The molecule has 1 aliphatic heterocycles. The van der Waals surface area contributed by atoms with Gasteiger partial charge in [0.25, 0.3) is 12.9 Å². The van der Waals surface area contributed by atoms with E-state index in [2.05, 4.69) is 47.0 Å². The maximum atomic E-state index is 13.2. The summed E-state index contributed by atoms with van der Waals surface area (Å²) in [5.74, 6) is 0. The quantitative estimate of drug-likeness (QED) is 0.587. The number of ether oxygens (including phenoxy) is 1. The van der Waals surface area contributed by atoms with E-state index in [1.807, 2.05) is 26.8 Å². The van der Waals surface area contributed by atoms with Crippen LogP contribution in [0.4, 0.5) is 14.5 Å². The summed E-state index contributed by atoms with van der Waals surface area (Å²) in [4.78, 5) is 13.9. The van der Waals surface area contributed by atoms with Gasteiger partial charge in [-0.3, -0.25) is 4.79 Å². The van der Waals surface area contributed by atoms with Crippen molar-refractivity contribution in [2.45, 2.75) is 56.4 Å². The highest BCUT2D eigenvalue weighted by atomic mass is 32.2. The second-order valence-corrected chi connectivity index (χ2v) is 9.63. The van der Waals surface area contributed by atoms with Crippen molar-refractivity contribution in [3.8, 4) is 0 Å². The molecule has 1 saturated heterocycles. The highest BCUT2D eigenvalue weighted by Gasteiger charge is 2.18. The summed E-state index contributed by atoms with van der Waals surface area (Å²) in [7, 11) is 0. The van der Waals surface area contributed by atoms with Gasteiger partial charge in [0, 0.05) is 41.5 Å². The fraction of sp³-hybridized carbons (Fsp3) is 0.458. The summed E-state index contributed by atoms with van der Waals surface area (Å²) in [5.41, 5.74) is 3.19. The number of halogens is 2. The Hall–Kier alpha value is -2.12. The molecule has 0 bridgehead atoms. The molecule has 1 fully saturated rings. The summed E-state index contributed by atoms with van der Waals surface area (Å²) in [6.45, 7) is 13.7. The Labute approximate surface area is 188 Å². The van der Waals surface area contributed by atoms with E-state index in [4.69, 9.17) is 0 Å². The van der Waals surface area contributed by atoms with Gasteiger partial charge in [-0.15, -0.1) is 0 Å². The van der Waals surface area contributed by atoms with Crippen molar-refractivity contribution in [1.29, 1.82) is 0 Å². The van der Waals surface area contributed by atoms with Crippen molar-refractivity contribution >= 4 is 23.9 Å². The predicted molar refractivity (Wildman–Crippen MR) is 123 cm³/mol. The zero-order valence-electron chi connectivity index (χ0n) is 18.9. The normalized spacial score (nSPS) is 14.1. The van der Waals surface area contributed by atoms with Gasteiger partial charge in [-0.25, -0.2) is 8.78 Å². The minimum absolute atomic E-state index is 0.0840. The van der Waals surface area contributed by atoms with E-state index in [0.29, 0.717) is 6.47 Å². The van der Waals surface area contributed by atoms with Gasteiger partial charge in [-0.1, -0.05) is 23.9 Å². The van der Waals surface area contributed by atoms with E-state index in [9.17, 15) is 13.6 Å². The number of anilines is 1. The van der Waals surface area contributed by atoms with Crippen LogP contribution in [0.15, 0.2) is 46.2 Å². The van der Waals surface area contributed by atoms with E-state index in [-0.39, 0.29) is 11.2 Å². The molecule has 1 N–H and O–H groups in total. The van der Waals surface area contributed by atoms with Gasteiger partial charge >= 0.3 is 0 Å². The van der Waals surface area contributed by atoms with Crippen LogP contribution in [0.5, 0.6) is 0 Å². The number of nitrogens with one attached hydrogen (secondary N) is 1. The Morgan fingerprint density at radius 2 is 1.68 bits per heavy atom. The third kappa shape index (κ3) is 8.50. The van der Waals surface area contributed by atoms with Crippen LogP contribution in [0.3, 0.4) is 0 Å². The molecular weight excluding hydrogens is 418 g/mol. The molecule has 0 aromatic heterocycles. The fourth-order valence-electron chi connectivity index (χ4n) is 3.18. The lowest BCUT2D eigenvalue weighted by molar-refractivity contribution is -0.138. The molecule has 0 unspecified atom stereocenters. The standard InChI is InChI=1S/C19H22F2N2S.C5H10O2/c1-13-9-14(2)11-16(10-13)24-18-12-15(19(20)21)3-4-17(18)23-7-5-22-6-8-23;1-5(2,3)7-4-6/h3-4,9-12,19,22H,5-8H2,1-2H3;4H,1-3H3. The molecule has 2 aromatic rings. The minimum Gasteiger partial charge on any atom is -0.462 e. The molecule has 0 spiro atoms. The molecule has 3 rings (SSSR count). The van der Waals surface area contributed by atoms with Gasteiger partial charge in [0.2, 0.25) is 0 Å². The van der Waals surface area contributed by atoms with Gasteiger partial charge in [-0.2, -0.15) is 0 Å². The first-order valence-corrected chi connectivity index (χ1v) is 11.2. The Bertz CT molecular complexity index is 843. The molecule has 0 radical (unpaired) electrons. The smallest absolute Gasteiger partial charge is 0.293 e. The number of piperazine rings is 1. The first kappa shape index (κ1) is 25.1. The topological polar surface area (TPSA) is 41.6 Å². The van der Waals surface area contributed by atoms with E-state index >= 15 is 0 Å². The summed E-state index contributed by atoms with van der Waals surface area (Å²) in [6, 6.07) is 11.4. The van der Waals surface area contributed by atoms with Gasteiger partial charge in [0.1, 0.15) is 5.60 Å². The molecule has 0 saturated carbocycles. The number of carbonyl (C=O) groups is 1. The van der Waals surface area contributed by atoms with E-state index < -0.39 is 6.43 Å². The number of alkyl halides is 2. The molecule has 4 nitrogen and oxygen atoms in total. The van der Waals surface area contributed by atoms with Crippen molar-refractivity contribution in [2.24, 2.45) is 0 Å². The molecule has 0 atom stereocenters. The molecule has 0 amide bonds. The van der Waals surface area contributed by atoms with Crippen LogP contribution in [0.1, 0.15) is 43.9 Å². The second-order valence-electron chi connectivity index (χ2n) is 8.52. The molecule has 170 valence electrons. The Morgan fingerprint density at radius 1 is 1.06 bits per heavy atom. The minimum atomic E-state index is -2.44. The largest absolute Gasteiger partial charge is 0.462 e. The number of hydrogen-bond acceptors (Lipinski definition) is 5. The van der Waals surface area contributed by atoms with Crippen LogP contribution in [-0.4, -0.2) is 38.3 Å². The van der Waals surface area contributed by atoms with Crippen molar-refractivity contribution in [3.05, 3.63) is 53.1 Å². The van der Waals surface area contributed by atoms with Crippen LogP contribution in [0.2, 0.25) is 0 Å². The average Bonchev–Trinajstić information content (AvgIpc) is 2.67. The maximum absolute atomic E-state index is 13.2. The number of rotatable bonds is 5. The lowest BCUT2D eigenvalue weighted by atomic mass is 10.2. The van der Waals surface area contributed by atoms with Crippen molar-refractivity contribution in [1.82, 2.24) is 5.32 Å². The summed E-state index contributed by atoms with van der Waals surface area (Å²) in [5, 5.41) is 3.33. The monoisotopic (exact) mass is 450 g/mol. The zero-order chi connectivity index (χ0) is 23.0. The fourth-order valence-corrected chi connectivity index (χ4v) is 4.42. The third-order valence-electron chi connectivity index (χ3n) is 4.52. The van der Waals surface area contributed by atoms with Crippen LogP contribution in [0, 0.1) is 13.8 Å². The number of aryl methyl sites for hydroxylation is 2. The van der Waals surface area contributed by atoms with Crippen LogP contribution in [-0.2, 0) is 9.53 Å². The van der Waals surface area contributed by atoms with Crippen molar-refractivity contribution in [3.63, 3.8) is 0 Å². The number of hydrogen-bond donors (Lipinski definition) is 1. The molecular formula is C24H32F2N2O2S. The molecule has 2 aromatic carbocycles. The SMILES string of the molecule is CC(C)(C)OC=O.Cc1cc(C)cc(Sc2cc(C(F)F)ccc2N2CCNCC2)c1. The van der Waals surface area contributed by atoms with E-state index in [0.717, 1.165) is 41.7 Å². The van der Waals surface area contributed by atoms with E-state index in [1.165, 1.54) is 11.1 Å². The summed E-state index contributed by atoms with van der Waals surface area (Å²) in [6.07, 6.45) is -2.44. The van der Waals surface area contributed by atoms with Gasteiger partial charge in [-0.05, 0) is 70.0 Å². The Kier molecular flexibility index (Phi) is 9.32. The first-order valence-electron chi connectivity index (χ1n) is 10.3. The molecule has 31 heavy (non-hydrogen) atoms. The lowest BCUT2D eigenvalue weighted by Gasteiger charge is -2.31. The molecule has 7 heteroatoms. The summed E-state index contributed by atoms with van der Waals surface area (Å²) >= 11 is 1.57. The maximum Gasteiger partial charge on any atom is 0.293 e. The zero-order valence-corrected chi connectivity index (χ0v) is 19.7. The molecule has 0 aliphatic carbocycles. The van der Waals surface area contributed by atoms with Crippen molar-refractivity contribution < 1.29 is 18.3 Å². The summed E-state index contributed by atoms with van der Waals surface area (Å²) < 4.78 is 30.9. The number of benzene rings is 2. The highest BCUT2D eigenvalue weighted by Crippen LogP contribution is 2.38. The molecule has 1 heterocycles. The van der Waals surface area contributed by atoms with Crippen LogP contribution < -0.4 is 10.2 Å². The first-order chi connectivity index (χ1) is 14.6. The predicted octanol–water partition coefficient (Wildman–Crippen LogP) is 5.76. The molecule has 1 aliphatic rings. The number of carbonyl (C=O) groups excluding carboxylic acids is 1. The highest BCUT2D eigenvalue weighted by molar-refractivity contribution is 7.99.